The van der Waals surface area contributed by atoms with Gasteiger partial charge in [-0.15, -0.1) is 0 Å². The minimum atomic E-state index is -0.891. The van der Waals surface area contributed by atoms with Crippen molar-refractivity contribution >= 4 is 22.8 Å². The molecule has 3 aromatic rings. The molecule has 0 aliphatic rings. The van der Waals surface area contributed by atoms with Crippen LogP contribution in [0.3, 0.4) is 0 Å². The number of ether oxygens (including phenoxy) is 3. The summed E-state index contributed by atoms with van der Waals surface area (Å²) in [5.74, 6) is 0.512. The highest BCUT2D eigenvalue weighted by atomic mass is 16.5. The molecule has 9 nitrogen and oxygen atoms in total. The Balaban J connectivity index is 2.03. The van der Waals surface area contributed by atoms with Crippen molar-refractivity contribution in [3.63, 3.8) is 0 Å². The third kappa shape index (κ3) is 3.98. The third-order valence-corrected chi connectivity index (χ3v) is 4.33. The number of methoxy groups -OCH3 is 2. The predicted octanol–water partition coefficient (Wildman–Crippen LogP) is 2.41. The van der Waals surface area contributed by atoms with Crippen LogP contribution in [0.15, 0.2) is 41.3 Å². The number of fused-ring (bicyclic) bond motifs is 1. The summed E-state index contributed by atoms with van der Waals surface area (Å²) >= 11 is 0. The van der Waals surface area contributed by atoms with Crippen LogP contribution >= 0.6 is 0 Å². The van der Waals surface area contributed by atoms with Gasteiger partial charge in [-0.1, -0.05) is 0 Å². The standard InChI is InChI=1S/C20H22N4O5/c1-5-29-19-20(26)24(17-14(23-19)7-6-10-21-17)12(2)18(25)22-15-11-13(27-3)8-9-16(15)28-4/h6-12H,5H2,1-4H3,(H,22,25). The maximum Gasteiger partial charge on any atom is 0.315 e. The van der Waals surface area contributed by atoms with Crippen molar-refractivity contribution in [2.75, 3.05) is 26.1 Å². The third-order valence-electron chi connectivity index (χ3n) is 4.33. The number of pyridine rings is 1. The molecule has 2 aromatic heterocycles. The molecule has 0 aliphatic carbocycles. The Labute approximate surface area is 167 Å². The molecule has 1 amide bonds. The van der Waals surface area contributed by atoms with E-state index < -0.39 is 17.5 Å². The fraction of sp³-hybridized carbons (Fsp3) is 0.300. The van der Waals surface area contributed by atoms with Crippen molar-refractivity contribution in [1.82, 2.24) is 14.5 Å². The monoisotopic (exact) mass is 398 g/mol. The highest BCUT2D eigenvalue weighted by Crippen LogP contribution is 2.29. The second-order valence-electron chi connectivity index (χ2n) is 6.10. The van der Waals surface area contributed by atoms with Gasteiger partial charge in [-0.3, -0.25) is 14.2 Å². The zero-order chi connectivity index (χ0) is 21.0. The average molecular weight is 398 g/mol. The van der Waals surface area contributed by atoms with Gasteiger partial charge in [0.1, 0.15) is 23.1 Å². The lowest BCUT2D eigenvalue weighted by Crippen LogP contribution is -2.33. The quantitative estimate of drug-likeness (QED) is 0.652. The molecule has 0 aliphatic heterocycles. The van der Waals surface area contributed by atoms with E-state index in [0.717, 1.165) is 0 Å². The van der Waals surface area contributed by atoms with Gasteiger partial charge in [-0.05, 0) is 38.1 Å². The second-order valence-corrected chi connectivity index (χ2v) is 6.10. The summed E-state index contributed by atoms with van der Waals surface area (Å²) in [6.45, 7) is 3.63. The van der Waals surface area contributed by atoms with E-state index in [1.165, 1.54) is 25.0 Å². The molecule has 0 bridgehead atoms. The van der Waals surface area contributed by atoms with Crippen LogP contribution < -0.4 is 25.1 Å². The smallest absolute Gasteiger partial charge is 0.315 e. The van der Waals surface area contributed by atoms with Gasteiger partial charge in [0.2, 0.25) is 5.91 Å². The molecule has 0 radical (unpaired) electrons. The van der Waals surface area contributed by atoms with Crippen molar-refractivity contribution in [3.05, 3.63) is 46.9 Å². The van der Waals surface area contributed by atoms with Crippen LogP contribution in [0, 0.1) is 0 Å². The van der Waals surface area contributed by atoms with Crippen LogP contribution in [0.5, 0.6) is 17.4 Å². The molecule has 29 heavy (non-hydrogen) atoms. The van der Waals surface area contributed by atoms with Gasteiger partial charge in [0, 0.05) is 12.3 Å². The van der Waals surface area contributed by atoms with Crippen LogP contribution in [0.1, 0.15) is 19.9 Å². The normalized spacial score (nSPS) is 11.7. The minimum absolute atomic E-state index is 0.0772. The SMILES string of the molecule is CCOc1nc2cccnc2n(C(C)C(=O)Nc2cc(OC)ccc2OC)c1=O. The average Bonchev–Trinajstić information content (AvgIpc) is 2.74. The molecule has 1 N–H and O–H groups in total. The number of carbonyl (C=O) groups excluding carboxylic acids is 1. The zero-order valence-corrected chi connectivity index (χ0v) is 16.6. The van der Waals surface area contributed by atoms with E-state index in [1.807, 2.05) is 0 Å². The Hall–Kier alpha value is -3.62. The van der Waals surface area contributed by atoms with Crippen LogP contribution in [0.2, 0.25) is 0 Å². The van der Waals surface area contributed by atoms with Crippen molar-refractivity contribution in [2.45, 2.75) is 19.9 Å². The summed E-state index contributed by atoms with van der Waals surface area (Å²) < 4.78 is 17.1. The molecule has 0 fully saturated rings. The van der Waals surface area contributed by atoms with Gasteiger partial charge in [0.25, 0.3) is 5.88 Å². The largest absolute Gasteiger partial charge is 0.497 e. The number of nitrogens with one attached hydrogen (secondary N) is 1. The van der Waals surface area contributed by atoms with Crippen molar-refractivity contribution < 1.29 is 19.0 Å². The highest BCUT2D eigenvalue weighted by Gasteiger charge is 2.23. The first-order chi connectivity index (χ1) is 14.0. The number of hydrogen-bond donors (Lipinski definition) is 1. The fourth-order valence-corrected chi connectivity index (χ4v) is 2.87. The molecule has 2 heterocycles. The van der Waals surface area contributed by atoms with Gasteiger partial charge in [0.05, 0.1) is 26.5 Å². The molecular formula is C20H22N4O5. The Morgan fingerprint density at radius 2 is 2.03 bits per heavy atom. The fourth-order valence-electron chi connectivity index (χ4n) is 2.87. The molecule has 0 spiro atoms. The lowest BCUT2D eigenvalue weighted by molar-refractivity contribution is -0.118. The lowest BCUT2D eigenvalue weighted by atomic mass is 10.2. The minimum Gasteiger partial charge on any atom is -0.497 e. The summed E-state index contributed by atoms with van der Waals surface area (Å²) in [7, 11) is 3.03. The van der Waals surface area contributed by atoms with Crippen LogP contribution in [-0.2, 0) is 4.79 Å². The van der Waals surface area contributed by atoms with E-state index in [0.29, 0.717) is 28.4 Å². The van der Waals surface area contributed by atoms with Crippen LogP contribution in [-0.4, -0.2) is 41.3 Å². The van der Waals surface area contributed by atoms with Crippen LogP contribution in [0.4, 0.5) is 5.69 Å². The number of nitrogens with zero attached hydrogens (tertiary/aromatic N) is 3. The molecule has 3 rings (SSSR count). The summed E-state index contributed by atoms with van der Waals surface area (Å²) in [4.78, 5) is 34.3. The van der Waals surface area contributed by atoms with E-state index in [9.17, 15) is 9.59 Å². The number of amides is 1. The number of rotatable bonds is 7. The van der Waals surface area contributed by atoms with Gasteiger partial charge >= 0.3 is 5.56 Å². The molecule has 9 heteroatoms. The number of anilines is 1. The maximum atomic E-state index is 13.0. The molecule has 1 unspecified atom stereocenters. The Kier molecular flexibility index (Phi) is 5.96. The lowest BCUT2D eigenvalue weighted by Gasteiger charge is -2.19. The van der Waals surface area contributed by atoms with Gasteiger partial charge in [-0.2, -0.15) is 0 Å². The topological polar surface area (TPSA) is 105 Å². The molecule has 0 saturated carbocycles. The van der Waals surface area contributed by atoms with E-state index in [2.05, 4.69) is 15.3 Å². The highest BCUT2D eigenvalue weighted by molar-refractivity contribution is 5.95. The number of benzene rings is 1. The molecule has 1 aromatic carbocycles. The molecule has 0 saturated heterocycles. The van der Waals surface area contributed by atoms with Crippen LogP contribution in [0.25, 0.3) is 11.2 Å². The zero-order valence-electron chi connectivity index (χ0n) is 16.6. The van der Waals surface area contributed by atoms with E-state index in [-0.39, 0.29) is 12.5 Å². The Morgan fingerprint density at radius 3 is 2.72 bits per heavy atom. The van der Waals surface area contributed by atoms with Crippen molar-refractivity contribution in [3.8, 4) is 17.4 Å². The van der Waals surface area contributed by atoms with Gasteiger partial charge in [-0.25, -0.2) is 9.97 Å². The Morgan fingerprint density at radius 1 is 1.24 bits per heavy atom. The van der Waals surface area contributed by atoms with Crippen molar-refractivity contribution in [1.29, 1.82) is 0 Å². The summed E-state index contributed by atoms with van der Waals surface area (Å²) in [6, 6.07) is 7.56. The predicted molar refractivity (Wildman–Crippen MR) is 108 cm³/mol. The first-order valence-corrected chi connectivity index (χ1v) is 9.03. The summed E-state index contributed by atoms with van der Waals surface area (Å²) in [6.07, 6.45) is 1.54. The van der Waals surface area contributed by atoms with E-state index in [4.69, 9.17) is 14.2 Å². The Bertz CT molecular complexity index is 1100. The van der Waals surface area contributed by atoms with Gasteiger partial charge < -0.3 is 19.5 Å². The number of aromatic nitrogens is 3. The second kappa shape index (κ2) is 8.59. The molecule has 152 valence electrons. The van der Waals surface area contributed by atoms with E-state index >= 15 is 0 Å². The number of carbonyl (C=O) groups is 1. The first-order valence-electron chi connectivity index (χ1n) is 9.03. The number of hydrogen-bond acceptors (Lipinski definition) is 7. The van der Waals surface area contributed by atoms with Gasteiger partial charge in [0.15, 0.2) is 5.65 Å². The summed E-state index contributed by atoms with van der Waals surface area (Å²) in [5.41, 5.74) is 0.641. The maximum absolute atomic E-state index is 13.0. The molecule has 1 atom stereocenters. The molecular weight excluding hydrogens is 376 g/mol. The van der Waals surface area contributed by atoms with E-state index in [1.54, 1.807) is 44.2 Å². The van der Waals surface area contributed by atoms with Crippen molar-refractivity contribution in [2.24, 2.45) is 0 Å². The summed E-state index contributed by atoms with van der Waals surface area (Å²) in [5, 5.41) is 2.79. The first kappa shape index (κ1) is 20.1.